The van der Waals surface area contributed by atoms with Gasteiger partial charge in [0.2, 0.25) is 17.7 Å². The summed E-state index contributed by atoms with van der Waals surface area (Å²) in [6, 6.07) is 4.00. The second-order valence-electron chi connectivity index (χ2n) is 11.0. The third kappa shape index (κ3) is 11.3. The van der Waals surface area contributed by atoms with Crippen LogP contribution in [0.15, 0.2) is 24.3 Å². The zero-order valence-corrected chi connectivity index (χ0v) is 24.3. The van der Waals surface area contributed by atoms with E-state index in [2.05, 4.69) is 15.4 Å². The summed E-state index contributed by atoms with van der Waals surface area (Å²) in [5.41, 5.74) is 5.85. The highest BCUT2D eigenvalue weighted by Crippen LogP contribution is 2.29. The summed E-state index contributed by atoms with van der Waals surface area (Å²) in [5, 5.41) is 5.02. The normalized spacial score (nSPS) is 13.6. The van der Waals surface area contributed by atoms with Gasteiger partial charge in [0, 0.05) is 6.04 Å². The monoisotopic (exact) mass is 548 g/mol. The highest BCUT2D eigenvalue weighted by molar-refractivity contribution is 5.95. The summed E-state index contributed by atoms with van der Waals surface area (Å²) in [4.78, 5) is 65.5. The number of alkyl carbamates (subject to hydrolysis) is 1. The number of methoxy groups -OCH3 is 1. The number of hydrogen-bond acceptors (Lipinski definition) is 7. The second-order valence-corrected chi connectivity index (χ2v) is 11.0. The number of nitrogens with zero attached hydrogens (tertiary/aromatic N) is 1. The summed E-state index contributed by atoms with van der Waals surface area (Å²) in [7, 11) is 1.20. The van der Waals surface area contributed by atoms with Gasteiger partial charge in [-0.2, -0.15) is 0 Å². The molecule has 0 aliphatic heterocycles. The van der Waals surface area contributed by atoms with Crippen LogP contribution in [-0.4, -0.2) is 66.0 Å². The van der Waals surface area contributed by atoms with Crippen molar-refractivity contribution in [2.45, 2.75) is 91.5 Å². The number of carbonyl (C=O) groups excluding carboxylic acids is 5. The van der Waals surface area contributed by atoms with E-state index in [1.165, 1.54) is 12.0 Å². The number of primary amides is 1. The Kier molecular flexibility index (Phi) is 12.9. The van der Waals surface area contributed by atoms with E-state index in [-0.39, 0.29) is 0 Å². The predicted molar refractivity (Wildman–Crippen MR) is 146 cm³/mol. The molecule has 0 bridgehead atoms. The van der Waals surface area contributed by atoms with Gasteiger partial charge < -0.3 is 30.7 Å². The standard InChI is InChI=1S/C28H44N4O7/c1-17(2)13-14-19(4)32(26(36)21(15-22(29)33)31-27(37)39-28(5,6)7)24(20-12-10-9-11-18(20)3)25(35)30-16-23(34)38-8/h9-12,17,19,21,24H,13-16H2,1-8H3,(H2,29,33)(H,30,35)(H,31,37). The summed E-state index contributed by atoms with van der Waals surface area (Å²) in [6.45, 7) is 12.3. The van der Waals surface area contributed by atoms with E-state index >= 15 is 0 Å². The fraction of sp³-hybridized carbons (Fsp3) is 0.607. The summed E-state index contributed by atoms with van der Waals surface area (Å²) in [6.07, 6.45) is -0.129. The van der Waals surface area contributed by atoms with E-state index in [1.807, 2.05) is 13.8 Å². The average molecular weight is 549 g/mol. The Labute approximate surface area is 231 Å². The molecule has 0 radical (unpaired) electrons. The molecule has 0 aliphatic rings. The van der Waals surface area contributed by atoms with E-state index in [0.717, 1.165) is 12.0 Å². The summed E-state index contributed by atoms with van der Waals surface area (Å²) >= 11 is 0. The highest BCUT2D eigenvalue weighted by atomic mass is 16.6. The Morgan fingerprint density at radius 2 is 1.64 bits per heavy atom. The van der Waals surface area contributed by atoms with Crippen LogP contribution < -0.4 is 16.4 Å². The minimum Gasteiger partial charge on any atom is -0.468 e. The summed E-state index contributed by atoms with van der Waals surface area (Å²) in [5.74, 6) is -2.46. The van der Waals surface area contributed by atoms with Gasteiger partial charge in [-0.25, -0.2) is 4.79 Å². The maximum Gasteiger partial charge on any atom is 0.408 e. The fourth-order valence-corrected chi connectivity index (χ4v) is 3.98. The molecule has 3 unspecified atom stereocenters. The van der Waals surface area contributed by atoms with Crippen LogP contribution in [0.25, 0.3) is 0 Å². The van der Waals surface area contributed by atoms with Gasteiger partial charge in [0.25, 0.3) is 0 Å². The Bertz CT molecular complexity index is 1020. The predicted octanol–water partition coefficient (Wildman–Crippen LogP) is 2.75. The van der Waals surface area contributed by atoms with Crippen molar-refractivity contribution in [2.75, 3.05) is 13.7 Å². The van der Waals surface area contributed by atoms with Crippen molar-refractivity contribution in [1.29, 1.82) is 0 Å². The molecule has 0 aromatic heterocycles. The van der Waals surface area contributed by atoms with Crippen LogP contribution in [0.5, 0.6) is 0 Å². The van der Waals surface area contributed by atoms with E-state index in [9.17, 15) is 24.0 Å². The molecule has 0 spiro atoms. The van der Waals surface area contributed by atoms with Crippen LogP contribution >= 0.6 is 0 Å². The molecule has 1 aromatic carbocycles. The molecule has 1 aromatic rings. The minimum absolute atomic E-state index is 0.316. The van der Waals surface area contributed by atoms with Crippen molar-refractivity contribution in [3.8, 4) is 0 Å². The van der Waals surface area contributed by atoms with Gasteiger partial charge in [-0.05, 0) is 64.5 Å². The van der Waals surface area contributed by atoms with Gasteiger partial charge in [0.15, 0.2) is 0 Å². The van der Waals surface area contributed by atoms with Crippen molar-refractivity contribution in [2.24, 2.45) is 11.7 Å². The smallest absolute Gasteiger partial charge is 0.408 e. The zero-order valence-electron chi connectivity index (χ0n) is 24.3. The molecule has 0 aliphatic carbocycles. The van der Waals surface area contributed by atoms with Crippen molar-refractivity contribution < 1.29 is 33.4 Å². The molecular formula is C28H44N4O7. The lowest BCUT2D eigenvalue weighted by atomic mass is 9.94. The van der Waals surface area contributed by atoms with E-state index in [1.54, 1.807) is 58.9 Å². The third-order valence-electron chi connectivity index (χ3n) is 5.93. The molecule has 4 N–H and O–H groups in total. The topological polar surface area (TPSA) is 157 Å². The Morgan fingerprint density at radius 1 is 1.03 bits per heavy atom. The molecule has 0 saturated heterocycles. The SMILES string of the molecule is COC(=O)CNC(=O)C(c1ccccc1C)N(C(=O)C(CC(N)=O)NC(=O)OC(C)(C)C)C(C)CCC(C)C. The Balaban J connectivity index is 3.65. The Hall–Kier alpha value is -3.63. The zero-order chi connectivity index (χ0) is 29.9. The molecule has 0 fully saturated rings. The van der Waals surface area contributed by atoms with Crippen molar-refractivity contribution in [3.05, 3.63) is 35.4 Å². The fourth-order valence-electron chi connectivity index (χ4n) is 3.98. The van der Waals surface area contributed by atoms with Crippen LogP contribution in [0.1, 0.15) is 78.0 Å². The number of esters is 1. The molecular weight excluding hydrogens is 504 g/mol. The average Bonchev–Trinajstić information content (AvgIpc) is 2.82. The Morgan fingerprint density at radius 3 is 2.15 bits per heavy atom. The van der Waals surface area contributed by atoms with Crippen LogP contribution in [0, 0.1) is 12.8 Å². The number of carbonyl (C=O) groups is 5. The van der Waals surface area contributed by atoms with Crippen LogP contribution in [0.2, 0.25) is 0 Å². The minimum atomic E-state index is -1.39. The number of aryl methyl sites for hydroxylation is 1. The van der Waals surface area contributed by atoms with Gasteiger partial charge in [0.1, 0.15) is 24.2 Å². The first-order valence-corrected chi connectivity index (χ1v) is 13.1. The van der Waals surface area contributed by atoms with E-state index in [4.69, 9.17) is 10.5 Å². The number of ether oxygens (including phenoxy) is 2. The number of amides is 4. The van der Waals surface area contributed by atoms with E-state index < -0.39 is 66.5 Å². The number of nitrogens with one attached hydrogen (secondary N) is 2. The number of benzene rings is 1. The first kappa shape index (κ1) is 33.4. The van der Waals surface area contributed by atoms with Crippen LogP contribution in [0.4, 0.5) is 4.79 Å². The van der Waals surface area contributed by atoms with Crippen LogP contribution in [-0.2, 0) is 28.7 Å². The molecule has 0 saturated carbocycles. The maximum atomic E-state index is 14.2. The molecule has 11 nitrogen and oxygen atoms in total. The van der Waals surface area contributed by atoms with Gasteiger partial charge in [-0.3, -0.25) is 19.2 Å². The van der Waals surface area contributed by atoms with Gasteiger partial charge >= 0.3 is 12.1 Å². The first-order chi connectivity index (χ1) is 18.1. The molecule has 11 heteroatoms. The number of rotatable bonds is 13. The number of hydrogen-bond donors (Lipinski definition) is 3. The highest BCUT2D eigenvalue weighted by Gasteiger charge is 2.40. The second kappa shape index (κ2) is 15.1. The molecule has 1 rings (SSSR count). The molecule has 0 heterocycles. The van der Waals surface area contributed by atoms with Crippen molar-refractivity contribution >= 4 is 29.8 Å². The third-order valence-corrected chi connectivity index (χ3v) is 5.93. The lowest BCUT2D eigenvalue weighted by Crippen LogP contribution is -2.56. The maximum absolute atomic E-state index is 14.2. The lowest BCUT2D eigenvalue weighted by Gasteiger charge is -2.39. The molecule has 4 amide bonds. The van der Waals surface area contributed by atoms with Gasteiger partial charge in [0.05, 0.1) is 13.5 Å². The van der Waals surface area contributed by atoms with Gasteiger partial charge in [-0.15, -0.1) is 0 Å². The number of nitrogens with two attached hydrogens (primary N) is 1. The van der Waals surface area contributed by atoms with Gasteiger partial charge in [-0.1, -0.05) is 38.1 Å². The molecule has 3 atom stereocenters. The largest absolute Gasteiger partial charge is 0.468 e. The van der Waals surface area contributed by atoms with Crippen LogP contribution in [0.3, 0.4) is 0 Å². The van der Waals surface area contributed by atoms with Crippen molar-refractivity contribution in [3.63, 3.8) is 0 Å². The lowest BCUT2D eigenvalue weighted by molar-refractivity contribution is -0.147. The van der Waals surface area contributed by atoms with Crippen molar-refractivity contribution in [1.82, 2.24) is 15.5 Å². The molecule has 39 heavy (non-hydrogen) atoms. The molecule has 218 valence electrons. The summed E-state index contributed by atoms with van der Waals surface area (Å²) < 4.78 is 9.95. The first-order valence-electron chi connectivity index (χ1n) is 13.1. The van der Waals surface area contributed by atoms with E-state index in [0.29, 0.717) is 17.9 Å². The quantitative estimate of drug-likeness (QED) is 0.320.